The summed E-state index contributed by atoms with van der Waals surface area (Å²) in [5.41, 5.74) is -1.42. The van der Waals surface area contributed by atoms with Gasteiger partial charge < -0.3 is 19.1 Å². The molecule has 2 heterocycles. The van der Waals surface area contributed by atoms with Crippen LogP contribution in [0.15, 0.2) is 52.5 Å². The molecule has 0 bridgehead atoms. The van der Waals surface area contributed by atoms with Crippen molar-refractivity contribution in [1.82, 2.24) is 14.5 Å². The van der Waals surface area contributed by atoms with Crippen molar-refractivity contribution in [2.75, 3.05) is 26.6 Å². The molecule has 2 aromatic heterocycles. The Hall–Kier alpha value is -3.45. The molecule has 0 unspecified atom stereocenters. The fourth-order valence-electron chi connectivity index (χ4n) is 3.33. The number of unbranched alkanes of at least 4 members (excludes halogenated alkanes) is 1. The zero-order chi connectivity index (χ0) is 26.5. The third-order valence-corrected chi connectivity index (χ3v) is 6.74. The zero-order valence-corrected chi connectivity index (χ0v) is 20.3. The number of sulfone groups is 1. The summed E-state index contributed by atoms with van der Waals surface area (Å²) in [5, 5.41) is 7.90. The molecule has 3 aromatic rings. The fourth-order valence-corrected chi connectivity index (χ4v) is 4.58. The summed E-state index contributed by atoms with van der Waals surface area (Å²) in [5.74, 6) is 0.393. The maximum absolute atomic E-state index is 13.5. The average molecular weight is 528 g/mol. The number of ether oxygens (including phenoxy) is 2. The third-order valence-electron chi connectivity index (χ3n) is 5.18. The highest BCUT2D eigenvalue weighted by Gasteiger charge is 2.35. The molecule has 0 aliphatic carbocycles. The van der Waals surface area contributed by atoms with E-state index in [2.05, 4.69) is 9.97 Å². The highest BCUT2D eigenvalue weighted by Crippen LogP contribution is 2.31. The fraction of sp³-hybridized carbons (Fsp3) is 0.348. The molecule has 0 aliphatic rings. The number of halogens is 3. The van der Waals surface area contributed by atoms with Crippen LogP contribution in [0.4, 0.5) is 13.2 Å². The van der Waals surface area contributed by atoms with Crippen molar-refractivity contribution in [1.29, 1.82) is 0 Å². The van der Waals surface area contributed by atoms with Crippen LogP contribution >= 0.6 is 0 Å². The minimum Gasteiger partial charge on any atom is -0.493 e. The van der Waals surface area contributed by atoms with Crippen molar-refractivity contribution in [3.8, 4) is 22.8 Å². The van der Waals surface area contributed by atoms with Crippen LogP contribution in [0.2, 0.25) is 0 Å². The van der Waals surface area contributed by atoms with E-state index in [4.69, 9.17) is 14.6 Å². The first-order valence-corrected chi connectivity index (χ1v) is 12.4. The number of aliphatic hydroxyl groups is 1. The molecular formula is C23H24F3N3O6S. The number of hydrogen-bond acceptors (Lipinski definition) is 8. The molecule has 0 radical (unpaired) electrons. The van der Waals surface area contributed by atoms with Gasteiger partial charge in [-0.1, -0.05) is 6.07 Å². The monoisotopic (exact) mass is 527 g/mol. The smallest absolute Gasteiger partial charge is 0.433 e. The lowest BCUT2D eigenvalue weighted by atomic mass is 10.1. The Morgan fingerprint density at radius 3 is 2.36 bits per heavy atom. The van der Waals surface area contributed by atoms with Gasteiger partial charge in [0, 0.05) is 24.4 Å². The van der Waals surface area contributed by atoms with Gasteiger partial charge >= 0.3 is 6.18 Å². The van der Waals surface area contributed by atoms with E-state index in [1.165, 1.54) is 31.0 Å². The largest absolute Gasteiger partial charge is 0.493 e. The molecule has 36 heavy (non-hydrogen) atoms. The highest BCUT2D eigenvalue weighted by molar-refractivity contribution is 7.91. The summed E-state index contributed by atoms with van der Waals surface area (Å²) in [7, 11) is -1.32. The summed E-state index contributed by atoms with van der Waals surface area (Å²) in [6.45, 7) is -0.206. The number of aliphatic hydroxyl groups excluding tert-OH is 1. The first kappa shape index (κ1) is 27.1. The van der Waals surface area contributed by atoms with Crippen molar-refractivity contribution >= 4 is 9.84 Å². The van der Waals surface area contributed by atoms with Gasteiger partial charge in [0.25, 0.3) is 5.56 Å². The zero-order valence-electron chi connectivity index (χ0n) is 19.4. The molecule has 194 valence electrons. The number of hydrogen-bond donors (Lipinski definition) is 1. The molecule has 3 rings (SSSR count). The molecule has 0 aliphatic heterocycles. The van der Waals surface area contributed by atoms with E-state index in [-0.39, 0.29) is 37.3 Å². The van der Waals surface area contributed by atoms with E-state index in [1.807, 2.05) is 0 Å². The van der Waals surface area contributed by atoms with Crippen LogP contribution in [-0.4, -0.2) is 54.6 Å². The number of benzene rings is 1. The van der Waals surface area contributed by atoms with Gasteiger partial charge in [0.05, 0.1) is 32.2 Å². The number of rotatable bonds is 10. The number of pyridine rings is 1. The van der Waals surface area contributed by atoms with Gasteiger partial charge in [0.15, 0.2) is 11.5 Å². The standard InChI is InChI=1S/C23H24F3N3O6S/c1-34-18-7-5-15(11-19(18)35-2)13-29-14-16(6-8-21(29)31)17-12-20(23(24,25)26)28-22(27-17)36(32,33)10-4-3-9-30/h5-8,11-12,14,30H,3-4,9-10,13H2,1-2H3. The Balaban J connectivity index is 2.05. The summed E-state index contributed by atoms with van der Waals surface area (Å²) in [6.07, 6.45) is -3.44. The van der Waals surface area contributed by atoms with Crippen LogP contribution < -0.4 is 15.0 Å². The summed E-state index contributed by atoms with van der Waals surface area (Å²) in [6, 6.07) is 8.05. The van der Waals surface area contributed by atoms with E-state index in [9.17, 15) is 26.4 Å². The van der Waals surface area contributed by atoms with Crippen LogP contribution in [0.5, 0.6) is 11.5 Å². The molecule has 0 atom stereocenters. The maximum atomic E-state index is 13.5. The number of methoxy groups -OCH3 is 2. The van der Waals surface area contributed by atoms with Gasteiger partial charge in [-0.3, -0.25) is 4.79 Å². The summed E-state index contributed by atoms with van der Waals surface area (Å²) < 4.78 is 77.5. The second kappa shape index (κ2) is 11.1. The van der Waals surface area contributed by atoms with Gasteiger partial charge in [-0.25, -0.2) is 18.4 Å². The molecule has 0 fully saturated rings. The second-order valence-corrected chi connectivity index (χ2v) is 9.74. The summed E-state index contributed by atoms with van der Waals surface area (Å²) in [4.78, 5) is 19.6. The van der Waals surface area contributed by atoms with Crippen LogP contribution in [0, 0.1) is 0 Å². The number of alkyl halides is 3. The Morgan fingerprint density at radius 2 is 1.72 bits per heavy atom. The lowest BCUT2D eigenvalue weighted by Gasteiger charge is -2.13. The SMILES string of the molecule is COc1ccc(Cn2cc(-c3cc(C(F)(F)F)nc(S(=O)(=O)CCCCO)n3)ccc2=O)cc1OC. The topological polar surface area (TPSA) is 121 Å². The van der Waals surface area contributed by atoms with Crippen molar-refractivity contribution in [2.45, 2.75) is 30.7 Å². The highest BCUT2D eigenvalue weighted by atomic mass is 32.2. The lowest BCUT2D eigenvalue weighted by molar-refractivity contribution is -0.141. The second-order valence-electron chi connectivity index (χ2n) is 7.74. The van der Waals surface area contributed by atoms with E-state index in [0.717, 1.165) is 6.07 Å². The van der Waals surface area contributed by atoms with Crippen LogP contribution in [-0.2, 0) is 22.6 Å². The predicted molar refractivity (Wildman–Crippen MR) is 124 cm³/mol. The number of aromatic nitrogens is 3. The maximum Gasteiger partial charge on any atom is 0.433 e. The molecular weight excluding hydrogens is 503 g/mol. The van der Waals surface area contributed by atoms with E-state index < -0.39 is 38.2 Å². The van der Waals surface area contributed by atoms with E-state index in [0.29, 0.717) is 23.1 Å². The minimum absolute atomic E-state index is 0.0317. The molecule has 0 amide bonds. The molecule has 1 N–H and O–H groups in total. The third kappa shape index (κ3) is 6.40. The predicted octanol–water partition coefficient (Wildman–Crippen LogP) is 2.94. The van der Waals surface area contributed by atoms with Crippen LogP contribution in [0.1, 0.15) is 24.1 Å². The molecule has 0 spiro atoms. The number of nitrogens with zero attached hydrogens (tertiary/aromatic N) is 3. The Morgan fingerprint density at radius 1 is 1.00 bits per heavy atom. The molecule has 13 heteroatoms. The first-order valence-electron chi connectivity index (χ1n) is 10.7. The average Bonchev–Trinajstić information content (AvgIpc) is 2.84. The molecule has 0 saturated carbocycles. The van der Waals surface area contributed by atoms with Crippen molar-refractivity contribution in [2.24, 2.45) is 0 Å². The van der Waals surface area contributed by atoms with Gasteiger partial charge in [0.2, 0.25) is 15.0 Å². The van der Waals surface area contributed by atoms with E-state index in [1.54, 1.807) is 18.2 Å². The lowest BCUT2D eigenvalue weighted by Crippen LogP contribution is -2.20. The Labute approximate surface area is 205 Å². The first-order chi connectivity index (χ1) is 17.0. The van der Waals surface area contributed by atoms with Crippen LogP contribution in [0.3, 0.4) is 0 Å². The van der Waals surface area contributed by atoms with Crippen molar-refractivity contribution < 1.29 is 36.2 Å². The van der Waals surface area contributed by atoms with Gasteiger partial charge in [-0.15, -0.1) is 0 Å². The molecule has 1 aromatic carbocycles. The normalized spacial score (nSPS) is 11.9. The van der Waals surface area contributed by atoms with Crippen molar-refractivity contribution in [3.63, 3.8) is 0 Å². The quantitative estimate of drug-likeness (QED) is 0.316. The molecule has 9 nitrogen and oxygen atoms in total. The Bertz CT molecular complexity index is 1390. The van der Waals surface area contributed by atoms with E-state index >= 15 is 0 Å². The summed E-state index contributed by atoms with van der Waals surface area (Å²) >= 11 is 0. The van der Waals surface area contributed by atoms with Gasteiger partial charge in [-0.2, -0.15) is 13.2 Å². The Kier molecular flexibility index (Phi) is 8.35. The molecule has 0 saturated heterocycles. The van der Waals surface area contributed by atoms with Crippen molar-refractivity contribution in [3.05, 3.63) is 64.2 Å². The van der Waals surface area contributed by atoms with Gasteiger partial charge in [0.1, 0.15) is 5.69 Å². The minimum atomic E-state index is -4.93. The van der Waals surface area contributed by atoms with Crippen LogP contribution in [0.25, 0.3) is 11.3 Å². The van der Waals surface area contributed by atoms with Gasteiger partial charge in [-0.05, 0) is 42.7 Å².